The van der Waals surface area contributed by atoms with Crippen LogP contribution in [-0.2, 0) is 34.7 Å². The molecule has 2 aliphatic heterocycles. The summed E-state index contributed by atoms with van der Waals surface area (Å²) in [4.78, 5) is 58.1. The number of likely N-dealkylation sites (tertiary alicyclic amines) is 2. The Morgan fingerprint density at radius 2 is 1.57 bits per heavy atom. The van der Waals surface area contributed by atoms with Crippen molar-refractivity contribution in [2.45, 2.75) is 56.9 Å². The van der Waals surface area contributed by atoms with E-state index in [1.165, 1.54) is 24.8 Å². The van der Waals surface area contributed by atoms with Gasteiger partial charge in [-0.1, -0.05) is 78.9 Å². The maximum atomic E-state index is 13.2. The number of aromatic nitrogens is 1. The molecule has 5 aromatic carbocycles. The molecule has 0 radical (unpaired) electrons. The molecule has 2 aliphatic rings. The van der Waals surface area contributed by atoms with Crippen molar-refractivity contribution in [1.29, 1.82) is 0 Å². The minimum absolute atomic E-state index is 0.0906. The predicted octanol–water partition coefficient (Wildman–Crippen LogP) is 5.89. The van der Waals surface area contributed by atoms with Crippen molar-refractivity contribution in [2.24, 2.45) is 11.8 Å². The van der Waals surface area contributed by atoms with E-state index < -0.39 is 23.6 Å². The molecule has 2 fully saturated rings. The number of phenolic OH excluding ortho intramolecular Hbond substituents is 1. The maximum absolute atomic E-state index is 13.2. The van der Waals surface area contributed by atoms with Crippen LogP contribution in [0.4, 0.5) is 0 Å². The Balaban J connectivity index is 0.790. The number of benzene rings is 5. The van der Waals surface area contributed by atoms with Gasteiger partial charge in [-0.15, -0.1) is 0 Å². The number of aromatic hydroxyl groups is 1. The number of aromatic amines is 1. The van der Waals surface area contributed by atoms with Crippen LogP contribution in [0.25, 0.3) is 10.9 Å². The molecule has 3 heterocycles. The second-order valence-corrected chi connectivity index (χ2v) is 18.4. The summed E-state index contributed by atoms with van der Waals surface area (Å²) in [6.07, 6.45) is 3.03. The summed E-state index contributed by atoms with van der Waals surface area (Å²) in [5, 5.41) is 50.3. The summed E-state index contributed by atoms with van der Waals surface area (Å²) in [5.74, 6) is -0.874. The van der Waals surface area contributed by atoms with Gasteiger partial charge in [0.25, 0.3) is 5.91 Å². The van der Waals surface area contributed by atoms with Gasteiger partial charge < -0.3 is 50.4 Å². The molecule has 0 bridgehead atoms. The van der Waals surface area contributed by atoms with E-state index in [0.717, 1.165) is 43.6 Å². The Morgan fingerprint density at radius 1 is 0.829 bits per heavy atom. The summed E-state index contributed by atoms with van der Waals surface area (Å²) in [6.45, 7) is 4.43. The van der Waals surface area contributed by atoms with Crippen molar-refractivity contribution in [3.8, 4) is 17.2 Å². The molecule has 7 N–H and O–H groups in total. The zero-order valence-corrected chi connectivity index (χ0v) is 39.3. The molecule has 2 amide bonds. The van der Waals surface area contributed by atoms with Crippen molar-refractivity contribution in [3.05, 3.63) is 171 Å². The number of carboxylic acids is 1. The zero-order chi connectivity index (χ0) is 49.2. The third kappa shape index (κ3) is 11.7. The van der Waals surface area contributed by atoms with Gasteiger partial charge in [-0.2, -0.15) is 0 Å². The molecule has 15 nitrogen and oxygen atoms in total. The Kier molecular flexibility index (Phi) is 15.9. The summed E-state index contributed by atoms with van der Waals surface area (Å²) >= 11 is 0. The highest BCUT2D eigenvalue weighted by molar-refractivity contribution is 5.99. The molecule has 0 saturated carbocycles. The Hall–Kier alpha value is -7.04. The first kappa shape index (κ1) is 49.4. The summed E-state index contributed by atoms with van der Waals surface area (Å²) in [5.41, 5.74) is 1.87. The predicted molar refractivity (Wildman–Crippen MR) is 265 cm³/mol. The fraction of sp³-hybridized carbons (Fsp3) is 0.345. The Bertz CT molecular complexity index is 2840. The zero-order valence-electron chi connectivity index (χ0n) is 39.3. The molecule has 15 heteroatoms. The van der Waals surface area contributed by atoms with E-state index in [0.29, 0.717) is 79.4 Å². The van der Waals surface area contributed by atoms with Gasteiger partial charge in [0.05, 0.1) is 37.4 Å². The number of pyridine rings is 1. The van der Waals surface area contributed by atoms with Crippen LogP contribution in [0.2, 0.25) is 0 Å². The Labute approximate surface area is 406 Å². The number of aliphatic hydroxyl groups is 2. The number of fused-ring (bicyclic) bond motifs is 1. The lowest BCUT2D eigenvalue weighted by molar-refractivity contribution is -0.155. The van der Waals surface area contributed by atoms with E-state index in [-0.39, 0.29) is 52.9 Å². The van der Waals surface area contributed by atoms with E-state index in [4.69, 9.17) is 9.47 Å². The number of ether oxygens (including phenoxy) is 2. The number of carbonyl (C=O) groups is 3. The van der Waals surface area contributed by atoms with E-state index >= 15 is 0 Å². The number of rotatable bonds is 19. The number of carbonyl (C=O) groups excluding carboxylic acids is 2. The number of aliphatic hydroxyl groups excluding tert-OH is 1. The first-order chi connectivity index (χ1) is 33.9. The van der Waals surface area contributed by atoms with E-state index in [9.17, 15) is 39.6 Å². The lowest BCUT2D eigenvalue weighted by Gasteiger charge is -2.33. The van der Waals surface area contributed by atoms with E-state index in [1.54, 1.807) is 71.6 Å². The highest BCUT2D eigenvalue weighted by Crippen LogP contribution is 2.37. The molecule has 0 unspecified atom stereocenters. The number of nitrogens with zero attached hydrogens (tertiary/aromatic N) is 2. The summed E-state index contributed by atoms with van der Waals surface area (Å²) in [7, 11) is 1.46. The standard InChI is InChI=1S/C55H61N5O10/c1-69-49-29-39(31-56-32-48(62)43-16-18-47(61)52-44(43)17-19-50(63)58-52)14-15-45(49)53(65)57-33-51(64)60-26-22-38(23-27-60)35-70-42-12-7-11-41(30-42)55(68,54(66)67)46-13-6-5-10-40(46)28-36-20-24-59(25-21-36)34-37-8-3-2-4-9-37/h2-19,29-30,36,38,48,56,61-62,68H,20-28,31-35H2,1H3,(H,57,65)(H,58,63)(H,66,67)/t48-,55-/m0/s1. The van der Waals surface area contributed by atoms with Crippen LogP contribution >= 0.6 is 0 Å². The number of methoxy groups -OCH3 is 1. The minimum Gasteiger partial charge on any atom is -0.506 e. The number of hydrogen-bond donors (Lipinski definition) is 7. The summed E-state index contributed by atoms with van der Waals surface area (Å²) < 4.78 is 11.7. The van der Waals surface area contributed by atoms with Gasteiger partial charge in [-0.05, 0) is 116 Å². The average Bonchev–Trinajstić information content (AvgIpc) is 3.38. The number of H-pyrrole nitrogens is 1. The highest BCUT2D eigenvalue weighted by Gasteiger charge is 2.42. The molecule has 0 aliphatic carbocycles. The van der Waals surface area contributed by atoms with Crippen LogP contribution in [0.1, 0.15) is 75.5 Å². The third-order valence-electron chi connectivity index (χ3n) is 13.7. The van der Waals surface area contributed by atoms with Gasteiger partial charge in [0.15, 0.2) is 0 Å². The fourth-order valence-electron chi connectivity index (χ4n) is 9.73. The largest absolute Gasteiger partial charge is 0.506 e. The number of hydrogen-bond acceptors (Lipinski definition) is 11. The normalized spacial score (nSPS) is 16.1. The maximum Gasteiger partial charge on any atom is 0.345 e. The van der Waals surface area contributed by atoms with Gasteiger partial charge >= 0.3 is 5.97 Å². The molecule has 70 heavy (non-hydrogen) atoms. The second kappa shape index (κ2) is 22.6. The SMILES string of the molecule is COc1cc(CNC[C@H](O)c2ccc(O)c3[nH]c(=O)ccc23)ccc1C(=O)NCC(=O)N1CCC(COc2cccc([C@@](O)(C(=O)O)c3ccccc3CC3CCN(Cc4ccccc4)CC3)c2)CC1. The molecule has 366 valence electrons. The highest BCUT2D eigenvalue weighted by atomic mass is 16.5. The van der Waals surface area contributed by atoms with E-state index in [2.05, 4.69) is 44.8 Å². The monoisotopic (exact) mass is 951 g/mol. The van der Waals surface area contributed by atoms with Crippen molar-refractivity contribution >= 4 is 28.7 Å². The molecular formula is C55H61N5O10. The minimum atomic E-state index is -2.29. The average molecular weight is 952 g/mol. The molecule has 6 aromatic rings. The van der Waals surface area contributed by atoms with Crippen LogP contribution in [0, 0.1) is 11.8 Å². The number of piperidine rings is 2. The lowest BCUT2D eigenvalue weighted by atomic mass is 9.80. The van der Waals surface area contributed by atoms with Crippen LogP contribution in [0.15, 0.2) is 126 Å². The fourth-order valence-corrected chi connectivity index (χ4v) is 9.73. The van der Waals surface area contributed by atoms with Crippen molar-refractivity contribution in [1.82, 2.24) is 25.4 Å². The number of amides is 2. The summed E-state index contributed by atoms with van der Waals surface area (Å²) in [6, 6.07) is 35.4. The van der Waals surface area contributed by atoms with Gasteiger partial charge in [-0.3, -0.25) is 19.3 Å². The third-order valence-corrected chi connectivity index (χ3v) is 13.7. The molecule has 2 atom stereocenters. The number of phenols is 1. The molecule has 8 rings (SSSR count). The number of nitrogens with one attached hydrogen (secondary N) is 3. The number of aliphatic carboxylic acids is 1. The Morgan fingerprint density at radius 3 is 2.33 bits per heavy atom. The molecule has 2 saturated heterocycles. The van der Waals surface area contributed by atoms with Crippen LogP contribution in [0.3, 0.4) is 0 Å². The van der Waals surface area contributed by atoms with Crippen LogP contribution < -0.4 is 25.7 Å². The number of carboxylic acid groups (broad SMARTS) is 1. The lowest BCUT2D eigenvalue weighted by Crippen LogP contribution is -2.44. The van der Waals surface area contributed by atoms with Gasteiger partial charge in [-0.25, -0.2) is 4.79 Å². The quantitative estimate of drug-likeness (QED) is 0.0507. The van der Waals surface area contributed by atoms with E-state index in [1.807, 2.05) is 18.2 Å². The molecule has 1 aromatic heterocycles. The molecular weight excluding hydrogens is 891 g/mol. The van der Waals surface area contributed by atoms with Gasteiger partial charge in [0, 0.05) is 55.3 Å². The second-order valence-electron chi connectivity index (χ2n) is 18.4. The topological polar surface area (TPSA) is 214 Å². The first-order valence-corrected chi connectivity index (χ1v) is 23.9. The van der Waals surface area contributed by atoms with Crippen molar-refractivity contribution < 1.29 is 44.3 Å². The van der Waals surface area contributed by atoms with Crippen molar-refractivity contribution in [2.75, 3.05) is 53.0 Å². The van der Waals surface area contributed by atoms with Gasteiger partial charge in [0.1, 0.15) is 17.2 Å². The smallest absolute Gasteiger partial charge is 0.345 e. The van der Waals surface area contributed by atoms with Gasteiger partial charge in [0.2, 0.25) is 17.1 Å². The first-order valence-electron chi connectivity index (χ1n) is 23.9. The van der Waals surface area contributed by atoms with Crippen LogP contribution in [0.5, 0.6) is 17.2 Å². The van der Waals surface area contributed by atoms with Crippen LogP contribution in [-0.4, -0.2) is 106 Å². The molecule has 0 spiro atoms. The van der Waals surface area contributed by atoms with Crippen molar-refractivity contribution in [3.63, 3.8) is 0 Å².